The van der Waals surface area contributed by atoms with Crippen LogP contribution in [-0.4, -0.2) is 24.0 Å². The van der Waals surface area contributed by atoms with Gasteiger partial charge in [-0.2, -0.15) is 0 Å². The molecule has 0 spiro atoms. The van der Waals surface area contributed by atoms with Gasteiger partial charge in [-0.1, -0.05) is 17.7 Å². The minimum atomic E-state index is -0.234. The molecule has 1 unspecified atom stereocenters. The molecule has 3 N–H and O–H groups in total. The van der Waals surface area contributed by atoms with Crippen LogP contribution in [0.2, 0.25) is 5.02 Å². The Labute approximate surface area is 149 Å². The van der Waals surface area contributed by atoms with Crippen molar-refractivity contribution < 1.29 is 19.4 Å². The first kappa shape index (κ1) is 17.1. The highest BCUT2D eigenvalue weighted by Crippen LogP contribution is 2.43. The third kappa shape index (κ3) is 3.39. The Hall–Kier alpha value is -2.73. The fraction of sp³-hybridized carbons (Fsp3) is 0.222. The normalized spacial score (nSPS) is 16.0. The van der Waals surface area contributed by atoms with Gasteiger partial charge in [-0.15, -0.1) is 0 Å². The summed E-state index contributed by atoms with van der Waals surface area (Å²) in [4.78, 5) is 23.4. The van der Waals surface area contributed by atoms with Gasteiger partial charge in [-0.05, 0) is 35.4 Å². The molecular formula is C18H17ClN2O4. The third-order valence-corrected chi connectivity index (χ3v) is 4.37. The first-order valence-electron chi connectivity index (χ1n) is 7.67. The molecule has 0 saturated heterocycles. The van der Waals surface area contributed by atoms with E-state index in [4.69, 9.17) is 16.3 Å². The van der Waals surface area contributed by atoms with Crippen LogP contribution in [0.4, 0.5) is 11.4 Å². The zero-order valence-electron chi connectivity index (χ0n) is 13.7. The van der Waals surface area contributed by atoms with Crippen LogP contribution in [0.15, 0.2) is 30.3 Å². The molecule has 2 aromatic carbocycles. The fourth-order valence-corrected chi connectivity index (χ4v) is 3.21. The molecule has 1 heterocycles. The SMILES string of the molecule is COc1cc(C2CC(=O)Nc3cc(NC(C)=O)ccc32)cc(Cl)c1O. The Morgan fingerprint density at radius 2 is 2.12 bits per heavy atom. The van der Waals surface area contributed by atoms with Crippen molar-refractivity contribution in [3.05, 3.63) is 46.5 Å². The van der Waals surface area contributed by atoms with Crippen LogP contribution in [0.5, 0.6) is 11.5 Å². The van der Waals surface area contributed by atoms with Crippen LogP contribution >= 0.6 is 11.6 Å². The van der Waals surface area contributed by atoms with Gasteiger partial charge in [0.15, 0.2) is 11.5 Å². The van der Waals surface area contributed by atoms with E-state index in [9.17, 15) is 14.7 Å². The molecule has 0 aromatic heterocycles. The maximum atomic E-state index is 12.1. The molecule has 0 saturated carbocycles. The molecule has 0 fully saturated rings. The predicted octanol–water partition coefficient (Wildman–Crippen LogP) is 3.49. The van der Waals surface area contributed by atoms with Gasteiger partial charge < -0.3 is 20.5 Å². The second-order valence-corrected chi connectivity index (χ2v) is 6.25. The molecule has 25 heavy (non-hydrogen) atoms. The number of hydrogen-bond acceptors (Lipinski definition) is 4. The number of nitrogens with one attached hydrogen (secondary N) is 2. The van der Waals surface area contributed by atoms with Crippen molar-refractivity contribution >= 4 is 34.8 Å². The van der Waals surface area contributed by atoms with E-state index in [2.05, 4.69) is 10.6 Å². The first-order chi connectivity index (χ1) is 11.9. The van der Waals surface area contributed by atoms with E-state index < -0.39 is 0 Å². The van der Waals surface area contributed by atoms with Crippen LogP contribution in [0, 0.1) is 0 Å². The quantitative estimate of drug-likeness (QED) is 0.781. The maximum absolute atomic E-state index is 12.1. The van der Waals surface area contributed by atoms with E-state index in [1.54, 1.807) is 24.3 Å². The number of phenolic OH excluding ortho intramolecular Hbond substituents is 1. The molecule has 130 valence electrons. The maximum Gasteiger partial charge on any atom is 0.225 e. The highest BCUT2D eigenvalue weighted by atomic mass is 35.5. The van der Waals surface area contributed by atoms with Gasteiger partial charge in [-0.25, -0.2) is 0 Å². The Morgan fingerprint density at radius 3 is 2.80 bits per heavy atom. The highest BCUT2D eigenvalue weighted by molar-refractivity contribution is 6.32. The number of carbonyl (C=O) groups is 2. The number of ether oxygens (including phenoxy) is 1. The number of aromatic hydroxyl groups is 1. The minimum absolute atomic E-state index is 0.130. The van der Waals surface area contributed by atoms with Crippen molar-refractivity contribution in [3.8, 4) is 11.5 Å². The number of benzene rings is 2. The zero-order valence-corrected chi connectivity index (χ0v) is 14.5. The summed E-state index contributed by atoms with van der Waals surface area (Å²) in [5, 5.41) is 15.6. The van der Waals surface area contributed by atoms with Crippen molar-refractivity contribution in [2.24, 2.45) is 0 Å². The van der Waals surface area contributed by atoms with Gasteiger partial charge in [-0.3, -0.25) is 9.59 Å². The molecule has 3 rings (SSSR count). The Balaban J connectivity index is 2.06. The second kappa shape index (κ2) is 6.64. The number of fused-ring (bicyclic) bond motifs is 1. The van der Waals surface area contributed by atoms with Crippen LogP contribution in [0.1, 0.15) is 30.4 Å². The number of rotatable bonds is 3. The number of carbonyl (C=O) groups excluding carboxylic acids is 2. The number of amides is 2. The number of hydrogen-bond donors (Lipinski definition) is 3. The Morgan fingerprint density at radius 1 is 1.36 bits per heavy atom. The molecule has 1 atom stereocenters. The van der Waals surface area contributed by atoms with Gasteiger partial charge >= 0.3 is 0 Å². The third-order valence-electron chi connectivity index (χ3n) is 4.09. The topological polar surface area (TPSA) is 87.7 Å². The van der Waals surface area contributed by atoms with Gasteiger partial charge in [0.25, 0.3) is 0 Å². The predicted molar refractivity (Wildman–Crippen MR) is 95.5 cm³/mol. The van der Waals surface area contributed by atoms with E-state index in [0.29, 0.717) is 11.4 Å². The molecule has 1 aliphatic heterocycles. The van der Waals surface area contributed by atoms with Gasteiger partial charge in [0.2, 0.25) is 11.8 Å². The molecular weight excluding hydrogens is 344 g/mol. The van der Waals surface area contributed by atoms with E-state index in [-0.39, 0.29) is 40.7 Å². The molecule has 0 aliphatic carbocycles. The second-order valence-electron chi connectivity index (χ2n) is 5.84. The summed E-state index contributed by atoms with van der Waals surface area (Å²) in [6.45, 7) is 1.42. The largest absolute Gasteiger partial charge is 0.503 e. The van der Waals surface area contributed by atoms with Crippen molar-refractivity contribution in [3.63, 3.8) is 0 Å². The summed E-state index contributed by atoms with van der Waals surface area (Å²) in [7, 11) is 1.44. The number of anilines is 2. The lowest BCUT2D eigenvalue weighted by Gasteiger charge is -2.27. The minimum Gasteiger partial charge on any atom is -0.503 e. The monoisotopic (exact) mass is 360 g/mol. The summed E-state index contributed by atoms with van der Waals surface area (Å²) in [6.07, 6.45) is 0.247. The number of halogens is 1. The molecule has 6 nitrogen and oxygen atoms in total. The lowest BCUT2D eigenvalue weighted by Crippen LogP contribution is -2.23. The summed E-state index contributed by atoms with van der Waals surface area (Å²) < 4.78 is 5.15. The molecule has 0 bridgehead atoms. The number of phenols is 1. The van der Waals surface area contributed by atoms with E-state index in [1.807, 2.05) is 6.07 Å². The van der Waals surface area contributed by atoms with Crippen LogP contribution in [0.25, 0.3) is 0 Å². The summed E-state index contributed by atoms with van der Waals surface area (Å²) in [6, 6.07) is 8.67. The van der Waals surface area contributed by atoms with Gasteiger partial charge in [0.05, 0.1) is 12.1 Å². The Kier molecular flexibility index (Phi) is 4.55. The van der Waals surface area contributed by atoms with E-state index in [1.165, 1.54) is 14.0 Å². The van der Waals surface area contributed by atoms with Crippen molar-refractivity contribution in [1.82, 2.24) is 0 Å². The summed E-state index contributed by atoms with van der Waals surface area (Å²) in [5.74, 6) is -0.434. The lowest BCUT2D eigenvalue weighted by molar-refractivity contribution is -0.116. The van der Waals surface area contributed by atoms with Crippen molar-refractivity contribution in [1.29, 1.82) is 0 Å². The average Bonchev–Trinajstić information content (AvgIpc) is 2.55. The van der Waals surface area contributed by atoms with Gasteiger partial charge in [0.1, 0.15) is 0 Å². The van der Waals surface area contributed by atoms with Crippen LogP contribution in [0.3, 0.4) is 0 Å². The van der Waals surface area contributed by atoms with Crippen molar-refractivity contribution in [2.45, 2.75) is 19.3 Å². The lowest BCUT2D eigenvalue weighted by atomic mass is 9.84. The van der Waals surface area contributed by atoms with Crippen LogP contribution in [-0.2, 0) is 9.59 Å². The standard InChI is InChI=1S/C18H17ClN2O4/c1-9(22)20-11-3-4-12-13(8-17(23)21-15(12)7-11)10-5-14(19)18(24)16(6-10)25-2/h3-7,13,24H,8H2,1-2H3,(H,20,22)(H,21,23). The summed E-state index contributed by atoms with van der Waals surface area (Å²) >= 11 is 6.08. The molecule has 2 aromatic rings. The summed E-state index contributed by atoms with van der Waals surface area (Å²) in [5.41, 5.74) is 2.91. The van der Waals surface area contributed by atoms with Gasteiger partial charge in [0, 0.05) is 30.6 Å². The van der Waals surface area contributed by atoms with E-state index in [0.717, 1.165) is 11.1 Å². The number of methoxy groups -OCH3 is 1. The highest BCUT2D eigenvalue weighted by Gasteiger charge is 2.28. The van der Waals surface area contributed by atoms with E-state index >= 15 is 0 Å². The zero-order chi connectivity index (χ0) is 18.1. The van der Waals surface area contributed by atoms with Crippen molar-refractivity contribution in [2.75, 3.05) is 17.7 Å². The average molecular weight is 361 g/mol. The first-order valence-corrected chi connectivity index (χ1v) is 8.04. The molecule has 7 heteroatoms. The molecule has 2 amide bonds. The molecule has 1 aliphatic rings. The molecule has 0 radical (unpaired) electrons. The van der Waals surface area contributed by atoms with Crippen LogP contribution < -0.4 is 15.4 Å². The smallest absolute Gasteiger partial charge is 0.225 e. The Bertz CT molecular complexity index is 866. The fourth-order valence-electron chi connectivity index (χ4n) is 2.99.